The first-order valence-electron chi connectivity index (χ1n) is 6.70. The molecule has 102 valence electrons. The Hall–Kier alpha value is -0.970. The van der Waals surface area contributed by atoms with Crippen molar-refractivity contribution in [3.05, 3.63) is 34.5 Å². The second-order valence-electron chi connectivity index (χ2n) is 5.11. The number of rotatable bonds is 6. The van der Waals surface area contributed by atoms with Crippen LogP contribution in [0.2, 0.25) is 0 Å². The van der Waals surface area contributed by atoms with Crippen molar-refractivity contribution in [2.45, 2.75) is 26.0 Å². The smallest absolute Gasteiger partial charge is 0.132 e. The normalized spacial score (nSPS) is 15.3. The molecule has 0 unspecified atom stereocenters. The van der Waals surface area contributed by atoms with Crippen molar-refractivity contribution in [3.63, 3.8) is 0 Å². The van der Waals surface area contributed by atoms with Crippen molar-refractivity contribution in [2.75, 3.05) is 13.7 Å². The van der Waals surface area contributed by atoms with E-state index in [0.717, 1.165) is 34.7 Å². The molecule has 0 atom stereocenters. The molecule has 1 aromatic heterocycles. The van der Waals surface area contributed by atoms with Gasteiger partial charge < -0.3 is 10.1 Å². The molecule has 19 heavy (non-hydrogen) atoms. The molecule has 3 rings (SSSR count). The van der Waals surface area contributed by atoms with Gasteiger partial charge in [0.1, 0.15) is 5.82 Å². The van der Waals surface area contributed by atoms with E-state index in [2.05, 4.69) is 5.32 Å². The van der Waals surface area contributed by atoms with Crippen LogP contribution in [0.15, 0.2) is 18.2 Å². The van der Waals surface area contributed by atoms with Crippen LogP contribution in [0, 0.1) is 11.7 Å². The van der Waals surface area contributed by atoms with E-state index in [1.165, 1.54) is 23.8 Å². The summed E-state index contributed by atoms with van der Waals surface area (Å²) in [6, 6.07) is 5.28. The molecule has 1 aromatic carbocycles. The highest BCUT2D eigenvalue weighted by molar-refractivity contribution is 7.19. The fourth-order valence-electron chi connectivity index (χ4n) is 2.28. The van der Waals surface area contributed by atoms with Gasteiger partial charge in [-0.3, -0.25) is 0 Å². The van der Waals surface area contributed by atoms with Gasteiger partial charge in [0.25, 0.3) is 0 Å². The van der Waals surface area contributed by atoms with Gasteiger partial charge in [-0.2, -0.15) is 0 Å². The van der Waals surface area contributed by atoms with Crippen molar-refractivity contribution in [1.29, 1.82) is 0 Å². The average Bonchev–Trinajstić information content (AvgIpc) is 3.14. The lowest BCUT2D eigenvalue weighted by Gasteiger charge is -2.06. The van der Waals surface area contributed by atoms with E-state index in [0.29, 0.717) is 6.61 Å². The summed E-state index contributed by atoms with van der Waals surface area (Å²) < 4.78 is 20.8. The van der Waals surface area contributed by atoms with Crippen LogP contribution < -0.4 is 5.32 Å². The minimum absolute atomic E-state index is 0.138. The topological polar surface area (TPSA) is 21.3 Å². The Morgan fingerprint density at radius 3 is 3.00 bits per heavy atom. The number of hydrogen-bond acceptors (Lipinski definition) is 3. The maximum atomic E-state index is 14.0. The molecule has 0 bridgehead atoms. The molecule has 0 amide bonds. The van der Waals surface area contributed by atoms with Crippen molar-refractivity contribution >= 4 is 21.4 Å². The van der Waals surface area contributed by atoms with Gasteiger partial charge in [0, 0.05) is 33.7 Å². The summed E-state index contributed by atoms with van der Waals surface area (Å²) in [5.41, 5.74) is 1.02. The first-order chi connectivity index (χ1) is 9.29. The molecule has 2 nitrogen and oxygen atoms in total. The zero-order chi connectivity index (χ0) is 13.2. The van der Waals surface area contributed by atoms with Crippen LogP contribution in [0.5, 0.6) is 0 Å². The monoisotopic (exact) mass is 279 g/mol. The van der Waals surface area contributed by atoms with Gasteiger partial charge in [-0.25, -0.2) is 4.39 Å². The summed E-state index contributed by atoms with van der Waals surface area (Å²) >= 11 is 1.65. The van der Waals surface area contributed by atoms with Crippen molar-refractivity contribution in [3.8, 4) is 0 Å². The zero-order valence-corrected chi connectivity index (χ0v) is 11.9. The molecule has 1 fully saturated rings. The number of benzene rings is 1. The van der Waals surface area contributed by atoms with Gasteiger partial charge in [-0.15, -0.1) is 11.3 Å². The lowest BCUT2D eigenvalue weighted by molar-refractivity contribution is 0.111. The third kappa shape index (κ3) is 2.81. The molecule has 0 aliphatic heterocycles. The fraction of sp³-hybridized carbons (Fsp3) is 0.467. The summed E-state index contributed by atoms with van der Waals surface area (Å²) in [5, 5.41) is 3.89. The second kappa shape index (κ2) is 5.57. The lowest BCUT2D eigenvalue weighted by Crippen LogP contribution is -2.07. The predicted octanol–water partition coefficient (Wildman–Crippen LogP) is 3.69. The molecule has 1 saturated carbocycles. The standard InChI is InChI=1S/C15H18FNOS/c1-17-7-14-11(9-18-8-10-5-6-10)15-12(16)3-2-4-13(15)19-14/h2-4,10,17H,5-9H2,1H3. The number of thiophene rings is 1. The molecule has 0 saturated heterocycles. The van der Waals surface area contributed by atoms with Crippen LogP contribution >= 0.6 is 11.3 Å². The van der Waals surface area contributed by atoms with E-state index in [4.69, 9.17) is 4.74 Å². The average molecular weight is 279 g/mol. The maximum Gasteiger partial charge on any atom is 0.132 e. The summed E-state index contributed by atoms with van der Waals surface area (Å²) in [6.45, 7) is 2.10. The van der Waals surface area contributed by atoms with Crippen LogP contribution in [0.1, 0.15) is 23.3 Å². The Balaban J connectivity index is 1.89. The van der Waals surface area contributed by atoms with Crippen molar-refractivity contribution < 1.29 is 9.13 Å². The number of hydrogen-bond donors (Lipinski definition) is 1. The highest BCUT2D eigenvalue weighted by Crippen LogP contribution is 2.34. The maximum absolute atomic E-state index is 14.0. The number of halogens is 1. The van der Waals surface area contributed by atoms with Crippen LogP contribution in [0.3, 0.4) is 0 Å². The second-order valence-corrected chi connectivity index (χ2v) is 6.24. The van der Waals surface area contributed by atoms with Crippen LogP contribution in [0.4, 0.5) is 4.39 Å². The SMILES string of the molecule is CNCc1sc2cccc(F)c2c1COCC1CC1. The number of ether oxygens (including phenoxy) is 1. The van der Waals surface area contributed by atoms with Gasteiger partial charge in [-0.1, -0.05) is 6.07 Å². The van der Waals surface area contributed by atoms with Crippen LogP contribution in [0.25, 0.3) is 10.1 Å². The summed E-state index contributed by atoms with van der Waals surface area (Å²) in [6.07, 6.45) is 2.56. The minimum atomic E-state index is -0.138. The van der Waals surface area contributed by atoms with Crippen molar-refractivity contribution in [2.24, 2.45) is 5.92 Å². The van der Waals surface area contributed by atoms with Gasteiger partial charge >= 0.3 is 0 Å². The van der Waals surface area contributed by atoms with E-state index in [-0.39, 0.29) is 5.82 Å². The van der Waals surface area contributed by atoms with Gasteiger partial charge in [0.2, 0.25) is 0 Å². The summed E-state index contributed by atoms with van der Waals surface area (Å²) in [4.78, 5) is 1.18. The summed E-state index contributed by atoms with van der Waals surface area (Å²) in [5.74, 6) is 0.601. The molecule has 1 aliphatic rings. The molecule has 1 heterocycles. The zero-order valence-electron chi connectivity index (χ0n) is 11.0. The Morgan fingerprint density at radius 2 is 2.26 bits per heavy atom. The van der Waals surface area contributed by atoms with E-state index < -0.39 is 0 Å². The van der Waals surface area contributed by atoms with Gasteiger partial charge in [0.15, 0.2) is 0 Å². The lowest BCUT2D eigenvalue weighted by atomic mass is 10.1. The molecule has 1 N–H and O–H groups in total. The Labute approximate surface area is 116 Å². The third-order valence-electron chi connectivity index (χ3n) is 3.48. The molecule has 1 aliphatic carbocycles. The largest absolute Gasteiger partial charge is 0.376 e. The first kappa shape index (κ1) is 13.0. The summed E-state index contributed by atoms with van der Waals surface area (Å²) in [7, 11) is 1.91. The van der Waals surface area contributed by atoms with Crippen LogP contribution in [-0.4, -0.2) is 13.7 Å². The fourth-order valence-corrected chi connectivity index (χ4v) is 3.52. The Kier molecular flexibility index (Phi) is 3.82. The van der Waals surface area contributed by atoms with Gasteiger partial charge in [-0.05, 0) is 37.9 Å². The highest BCUT2D eigenvalue weighted by Gasteiger charge is 2.22. The van der Waals surface area contributed by atoms with E-state index in [1.54, 1.807) is 17.4 Å². The molecule has 0 spiro atoms. The number of nitrogens with one attached hydrogen (secondary N) is 1. The predicted molar refractivity (Wildman–Crippen MR) is 76.9 cm³/mol. The highest BCUT2D eigenvalue weighted by atomic mass is 32.1. The molecule has 0 radical (unpaired) electrons. The number of fused-ring (bicyclic) bond motifs is 1. The van der Waals surface area contributed by atoms with Gasteiger partial charge in [0.05, 0.1) is 6.61 Å². The molecular formula is C15H18FNOS. The van der Waals surface area contributed by atoms with E-state index >= 15 is 0 Å². The molecule has 4 heteroatoms. The van der Waals surface area contributed by atoms with E-state index in [1.807, 2.05) is 13.1 Å². The van der Waals surface area contributed by atoms with Crippen LogP contribution in [-0.2, 0) is 17.9 Å². The van der Waals surface area contributed by atoms with Crippen molar-refractivity contribution in [1.82, 2.24) is 5.32 Å². The minimum Gasteiger partial charge on any atom is -0.376 e. The Bertz CT molecular complexity index is 577. The Morgan fingerprint density at radius 1 is 1.42 bits per heavy atom. The first-order valence-corrected chi connectivity index (χ1v) is 7.52. The molecule has 2 aromatic rings. The van der Waals surface area contributed by atoms with E-state index in [9.17, 15) is 4.39 Å². The quantitative estimate of drug-likeness (QED) is 0.871. The third-order valence-corrected chi connectivity index (χ3v) is 4.68. The molecular weight excluding hydrogens is 261 g/mol.